The van der Waals surface area contributed by atoms with Crippen LogP contribution in [-0.2, 0) is 9.59 Å². The fourth-order valence-corrected chi connectivity index (χ4v) is 1.30. The second-order valence-electron chi connectivity index (χ2n) is 3.38. The standard InChI is InChI=1S/C9H14N2O2/c1-6(4-10)5-11-8(12)3-7(2)9(11)13/h7H,1,3-5,10H2,2H3. The summed E-state index contributed by atoms with van der Waals surface area (Å²) < 4.78 is 0. The lowest BCUT2D eigenvalue weighted by Crippen LogP contribution is -2.33. The Kier molecular flexibility index (Phi) is 2.83. The first-order chi connectivity index (χ1) is 6.06. The molecular weight excluding hydrogens is 168 g/mol. The van der Waals surface area contributed by atoms with E-state index < -0.39 is 0 Å². The molecule has 0 aromatic heterocycles. The van der Waals surface area contributed by atoms with Crippen LogP contribution in [0, 0.1) is 5.92 Å². The summed E-state index contributed by atoms with van der Waals surface area (Å²) in [4.78, 5) is 23.9. The zero-order valence-corrected chi connectivity index (χ0v) is 7.75. The lowest BCUT2D eigenvalue weighted by molar-refractivity contribution is -0.138. The first kappa shape index (κ1) is 9.92. The highest BCUT2D eigenvalue weighted by atomic mass is 16.2. The van der Waals surface area contributed by atoms with Crippen LogP contribution in [0.1, 0.15) is 13.3 Å². The van der Waals surface area contributed by atoms with Crippen LogP contribution in [-0.4, -0.2) is 29.8 Å². The summed E-state index contributed by atoms with van der Waals surface area (Å²) in [5.74, 6) is -0.412. The van der Waals surface area contributed by atoms with Crippen LogP contribution >= 0.6 is 0 Å². The van der Waals surface area contributed by atoms with Gasteiger partial charge < -0.3 is 5.73 Å². The molecule has 1 aliphatic rings. The highest BCUT2D eigenvalue weighted by molar-refractivity contribution is 6.03. The van der Waals surface area contributed by atoms with Crippen molar-refractivity contribution >= 4 is 11.8 Å². The summed E-state index contributed by atoms with van der Waals surface area (Å²) >= 11 is 0. The van der Waals surface area contributed by atoms with Crippen LogP contribution in [0.3, 0.4) is 0 Å². The molecule has 0 aromatic rings. The zero-order valence-electron chi connectivity index (χ0n) is 7.75. The van der Waals surface area contributed by atoms with Gasteiger partial charge >= 0.3 is 0 Å². The Morgan fingerprint density at radius 3 is 2.69 bits per heavy atom. The number of imide groups is 1. The van der Waals surface area contributed by atoms with E-state index in [9.17, 15) is 9.59 Å². The van der Waals surface area contributed by atoms with Crippen molar-refractivity contribution in [3.63, 3.8) is 0 Å². The van der Waals surface area contributed by atoms with E-state index in [1.54, 1.807) is 6.92 Å². The Hall–Kier alpha value is -1.16. The molecule has 1 atom stereocenters. The second-order valence-corrected chi connectivity index (χ2v) is 3.38. The SMILES string of the molecule is C=C(CN)CN1C(=O)CC(C)C1=O. The van der Waals surface area contributed by atoms with Crippen molar-refractivity contribution in [1.29, 1.82) is 0 Å². The average molecular weight is 182 g/mol. The molecule has 0 radical (unpaired) electrons. The van der Waals surface area contributed by atoms with E-state index in [-0.39, 0.29) is 24.3 Å². The quantitative estimate of drug-likeness (QED) is 0.489. The number of likely N-dealkylation sites (tertiary alicyclic amines) is 1. The minimum Gasteiger partial charge on any atom is -0.327 e. The molecule has 1 rings (SSSR count). The van der Waals surface area contributed by atoms with Crippen molar-refractivity contribution in [1.82, 2.24) is 4.90 Å². The molecule has 0 spiro atoms. The van der Waals surface area contributed by atoms with E-state index in [1.165, 1.54) is 4.90 Å². The van der Waals surface area contributed by atoms with E-state index in [0.29, 0.717) is 18.5 Å². The summed E-state index contributed by atoms with van der Waals surface area (Å²) in [6.07, 6.45) is 0.316. The average Bonchev–Trinajstić information content (AvgIpc) is 2.32. The monoisotopic (exact) mass is 182 g/mol. The third-order valence-corrected chi connectivity index (χ3v) is 2.14. The van der Waals surface area contributed by atoms with Gasteiger partial charge in [0.05, 0.1) is 6.54 Å². The largest absolute Gasteiger partial charge is 0.327 e. The van der Waals surface area contributed by atoms with Crippen LogP contribution in [0.4, 0.5) is 0 Å². The molecule has 2 N–H and O–H groups in total. The maximum Gasteiger partial charge on any atom is 0.232 e. The van der Waals surface area contributed by atoms with Crippen LogP contribution < -0.4 is 5.73 Å². The Morgan fingerprint density at radius 1 is 1.69 bits per heavy atom. The molecule has 0 bridgehead atoms. The van der Waals surface area contributed by atoms with E-state index in [0.717, 1.165) is 0 Å². The number of hydrogen-bond donors (Lipinski definition) is 1. The normalized spacial score (nSPS) is 22.6. The number of nitrogens with two attached hydrogens (primary N) is 1. The van der Waals surface area contributed by atoms with Crippen molar-refractivity contribution < 1.29 is 9.59 Å². The molecule has 72 valence electrons. The first-order valence-corrected chi connectivity index (χ1v) is 4.27. The summed E-state index contributed by atoms with van der Waals surface area (Å²) in [5, 5.41) is 0. The Labute approximate surface area is 77.4 Å². The highest BCUT2D eigenvalue weighted by Gasteiger charge is 2.35. The first-order valence-electron chi connectivity index (χ1n) is 4.27. The van der Waals surface area contributed by atoms with Crippen molar-refractivity contribution in [3.05, 3.63) is 12.2 Å². The highest BCUT2D eigenvalue weighted by Crippen LogP contribution is 2.19. The molecule has 0 aromatic carbocycles. The molecule has 2 amide bonds. The summed E-state index contributed by atoms with van der Waals surface area (Å²) in [5.41, 5.74) is 6.03. The van der Waals surface area contributed by atoms with Gasteiger partial charge in [-0.15, -0.1) is 0 Å². The third kappa shape index (κ3) is 1.95. The maximum absolute atomic E-state index is 11.4. The number of amides is 2. The molecule has 4 nitrogen and oxygen atoms in total. The maximum atomic E-state index is 11.4. The number of rotatable bonds is 3. The van der Waals surface area contributed by atoms with Crippen molar-refractivity contribution in [3.8, 4) is 0 Å². The molecular formula is C9H14N2O2. The van der Waals surface area contributed by atoms with Gasteiger partial charge in [-0.1, -0.05) is 13.5 Å². The van der Waals surface area contributed by atoms with Gasteiger partial charge in [-0.05, 0) is 5.57 Å². The lowest BCUT2D eigenvalue weighted by atomic mass is 10.1. The Bertz CT molecular complexity index is 260. The number of hydrogen-bond acceptors (Lipinski definition) is 3. The molecule has 0 aliphatic carbocycles. The van der Waals surface area contributed by atoms with Gasteiger partial charge in [0.15, 0.2) is 0 Å². The predicted octanol–water partition coefficient (Wildman–Crippen LogP) is -0.104. The van der Waals surface area contributed by atoms with Crippen LogP contribution in [0.5, 0.6) is 0 Å². The van der Waals surface area contributed by atoms with Gasteiger partial charge in [-0.25, -0.2) is 0 Å². The third-order valence-electron chi connectivity index (χ3n) is 2.14. The number of nitrogens with zero attached hydrogens (tertiary/aromatic N) is 1. The molecule has 4 heteroatoms. The molecule has 1 heterocycles. The molecule has 1 aliphatic heterocycles. The van der Waals surface area contributed by atoms with Crippen LogP contribution in [0.25, 0.3) is 0 Å². The van der Waals surface area contributed by atoms with Gasteiger partial charge in [-0.2, -0.15) is 0 Å². The number of carbonyl (C=O) groups is 2. The van der Waals surface area contributed by atoms with E-state index >= 15 is 0 Å². The minimum absolute atomic E-state index is 0.111. The van der Waals surface area contributed by atoms with Gasteiger partial charge in [0.2, 0.25) is 11.8 Å². The van der Waals surface area contributed by atoms with Crippen molar-refractivity contribution in [2.24, 2.45) is 11.7 Å². The van der Waals surface area contributed by atoms with Crippen molar-refractivity contribution in [2.75, 3.05) is 13.1 Å². The van der Waals surface area contributed by atoms with Gasteiger partial charge in [0.1, 0.15) is 0 Å². The lowest BCUT2D eigenvalue weighted by Gasteiger charge is -2.14. The molecule has 13 heavy (non-hydrogen) atoms. The molecule has 1 unspecified atom stereocenters. The zero-order chi connectivity index (χ0) is 10.0. The van der Waals surface area contributed by atoms with Crippen LogP contribution in [0.15, 0.2) is 12.2 Å². The molecule has 1 saturated heterocycles. The number of carbonyl (C=O) groups excluding carboxylic acids is 2. The summed E-state index contributed by atoms with van der Waals surface area (Å²) in [6, 6.07) is 0. The Morgan fingerprint density at radius 2 is 2.31 bits per heavy atom. The minimum atomic E-state index is -0.182. The van der Waals surface area contributed by atoms with Gasteiger partial charge in [0.25, 0.3) is 0 Å². The van der Waals surface area contributed by atoms with Gasteiger partial charge in [-0.3, -0.25) is 14.5 Å². The van der Waals surface area contributed by atoms with Crippen LogP contribution in [0.2, 0.25) is 0 Å². The summed E-state index contributed by atoms with van der Waals surface area (Å²) in [7, 11) is 0. The van der Waals surface area contributed by atoms with Crippen molar-refractivity contribution in [2.45, 2.75) is 13.3 Å². The fraction of sp³-hybridized carbons (Fsp3) is 0.556. The predicted molar refractivity (Wildman–Crippen MR) is 48.7 cm³/mol. The Balaban J connectivity index is 2.64. The second kappa shape index (κ2) is 3.70. The smallest absolute Gasteiger partial charge is 0.232 e. The van der Waals surface area contributed by atoms with E-state index in [4.69, 9.17) is 5.73 Å². The van der Waals surface area contributed by atoms with E-state index in [1.807, 2.05) is 0 Å². The molecule has 0 saturated carbocycles. The van der Waals surface area contributed by atoms with E-state index in [2.05, 4.69) is 6.58 Å². The molecule has 1 fully saturated rings. The topological polar surface area (TPSA) is 63.4 Å². The fourth-order valence-electron chi connectivity index (χ4n) is 1.30. The summed E-state index contributed by atoms with van der Waals surface area (Å²) in [6.45, 7) is 6.00. The van der Waals surface area contributed by atoms with Gasteiger partial charge in [0, 0.05) is 18.9 Å².